The lowest BCUT2D eigenvalue weighted by Gasteiger charge is -2.31. The van der Waals surface area contributed by atoms with Crippen LogP contribution in [0.1, 0.15) is 37.7 Å². The average molecular weight is 344 g/mol. The van der Waals surface area contributed by atoms with Crippen LogP contribution in [0, 0.1) is 5.92 Å². The third-order valence-corrected chi connectivity index (χ3v) is 5.14. The van der Waals surface area contributed by atoms with Crippen LogP contribution in [0.4, 0.5) is 4.79 Å². The summed E-state index contributed by atoms with van der Waals surface area (Å²) in [6.45, 7) is 1.22. The molecule has 0 unspecified atom stereocenters. The van der Waals surface area contributed by atoms with Crippen molar-refractivity contribution < 1.29 is 19.8 Å². The highest BCUT2D eigenvalue weighted by atomic mass is 16.4. The Labute approximate surface area is 147 Å². The molecule has 6 heteroatoms. The fourth-order valence-electron chi connectivity index (χ4n) is 3.54. The van der Waals surface area contributed by atoms with Crippen LogP contribution < -0.4 is 5.32 Å². The smallest absolute Gasteiger partial charge is 0.317 e. The first-order valence-corrected chi connectivity index (χ1v) is 8.79. The molecule has 1 aromatic carbocycles. The highest BCUT2D eigenvalue weighted by Crippen LogP contribution is 2.26. The van der Waals surface area contributed by atoms with Crippen LogP contribution in [0.25, 0.3) is 5.57 Å². The number of aromatic hydroxyl groups is 1. The van der Waals surface area contributed by atoms with Gasteiger partial charge in [0.1, 0.15) is 5.75 Å². The number of amides is 2. The van der Waals surface area contributed by atoms with E-state index in [0.717, 1.165) is 24.8 Å². The van der Waals surface area contributed by atoms with Crippen molar-refractivity contribution >= 4 is 17.6 Å². The standard InChI is InChI=1S/C19H24N2O4/c22-17-7-3-13(4-8-17)14-9-11-21(12-10-14)19(25)20-16-5-1-15(2-6-16)18(23)24/h3-4,7-9,15-16,22H,1-2,5-6,10-12H2,(H,20,25)(H,23,24). The lowest BCUT2D eigenvalue weighted by molar-refractivity contribution is -0.142. The molecule has 25 heavy (non-hydrogen) atoms. The molecule has 6 nitrogen and oxygen atoms in total. The Kier molecular flexibility index (Phi) is 5.26. The number of nitrogens with zero attached hydrogens (tertiary/aromatic N) is 1. The number of phenolic OH excluding ortho intramolecular Hbond substituents is 1. The van der Waals surface area contributed by atoms with Crippen molar-refractivity contribution in [3.8, 4) is 5.75 Å². The quantitative estimate of drug-likeness (QED) is 0.786. The number of phenols is 1. The van der Waals surface area contributed by atoms with E-state index in [1.807, 2.05) is 12.1 Å². The summed E-state index contributed by atoms with van der Waals surface area (Å²) in [5.74, 6) is -0.745. The number of benzene rings is 1. The SMILES string of the molecule is O=C(O)C1CCC(NC(=O)N2CC=C(c3ccc(O)cc3)CC2)CC1. The van der Waals surface area contributed by atoms with E-state index >= 15 is 0 Å². The molecular formula is C19H24N2O4. The first-order valence-electron chi connectivity index (χ1n) is 8.79. The van der Waals surface area contributed by atoms with Crippen LogP contribution in [0.3, 0.4) is 0 Å². The van der Waals surface area contributed by atoms with Crippen LogP contribution in [0.15, 0.2) is 30.3 Å². The van der Waals surface area contributed by atoms with Gasteiger partial charge in [-0.05, 0) is 55.4 Å². The number of urea groups is 1. The molecule has 0 atom stereocenters. The van der Waals surface area contributed by atoms with Crippen molar-refractivity contribution in [3.05, 3.63) is 35.9 Å². The van der Waals surface area contributed by atoms with Gasteiger partial charge in [-0.15, -0.1) is 0 Å². The van der Waals surface area contributed by atoms with E-state index in [-0.39, 0.29) is 23.7 Å². The Balaban J connectivity index is 1.50. The zero-order valence-corrected chi connectivity index (χ0v) is 14.1. The maximum Gasteiger partial charge on any atom is 0.317 e. The van der Waals surface area contributed by atoms with Gasteiger partial charge in [0.2, 0.25) is 0 Å². The van der Waals surface area contributed by atoms with Crippen molar-refractivity contribution in [2.75, 3.05) is 13.1 Å². The number of hydrogen-bond acceptors (Lipinski definition) is 3. The van der Waals surface area contributed by atoms with Crippen molar-refractivity contribution in [2.24, 2.45) is 5.92 Å². The first-order chi connectivity index (χ1) is 12.0. The van der Waals surface area contributed by atoms with Gasteiger partial charge in [0.25, 0.3) is 0 Å². The number of carbonyl (C=O) groups excluding carboxylic acids is 1. The van der Waals surface area contributed by atoms with Gasteiger partial charge in [0.15, 0.2) is 0 Å². The minimum atomic E-state index is -0.729. The van der Waals surface area contributed by atoms with E-state index in [0.29, 0.717) is 25.9 Å². The molecule has 3 N–H and O–H groups in total. The summed E-state index contributed by atoms with van der Waals surface area (Å²) in [5, 5.41) is 21.4. The number of carboxylic acids is 1. The van der Waals surface area contributed by atoms with E-state index in [4.69, 9.17) is 5.11 Å². The monoisotopic (exact) mass is 344 g/mol. The Hall–Kier alpha value is -2.50. The van der Waals surface area contributed by atoms with E-state index in [1.165, 1.54) is 5.57 Å². The molecule has 2 aliphatic rings. The molecule has 0 radical (unpaired) electrons. The largest absolute Gasteiger partial charge is 0.508 e. The van der Waals surface area contributed by atoms with Crippen LogP contribution in [0.2, 0.25) is 0 Å². The highest BCUT2D eigenvalue weighted by molar-refractivity contribution is 5.77. The van der Waals surface area contributed by atoms with Gasteiger partial charge in [-0.25, -0.2) is 4.79 Å². The zero-order chi connectivity index (χ0) is 17.8. The van der Waals surface area contributed by atoms with Gasteiger partial charge in [-0.1, -0.05) is 18.2 Å². The first kappa shape index (κ1) is 17.3. The molecule has 1 fully saturated rings. The number of hydrogen-bond donors (Lipinski definition) is 3. The summed E-state index contributed by atoms with van der Waals surface area (Å²) in [7, 11) is 0. The van der Waals surface area contributed by atoms with Gasteiger partial charge in [0, 0.05) is 19.1 Å². The van der Waals surface area contributed by atoms with Gasteiger partial charge < -0.3 is 20.4 Å². The zero-order valence-electron chi connectivity index (χ0n) is 14.1. The van der Waals surface area contributed by atoms with Crippen molar-refractivity contribution in [1.82, 2.24) is 10.2 Å². The Morgan fingerprint density at radius 1 is 1.08 bits per heavy atom. The average Bonchev–Trinajstić information content (AvgIpc) is 2.63. The summed E-state index contributed by atoms with van der Waals surface area (Å²) in [4.78, 5) is 25.2. The van der Waals surface area contributed by atoms with Crippen molar-refractivity contribution in [1.29, 1.82) is 0 Å². The second-order valence-corrected chi connectivity index (χ2v) is 6.81. The fraction of sp³-hybridized carbons (Fsp3) is 0.474. The summed E-state index contributed by atoms with van der Waals surface area (Å²) in [6.07, 6.45) is 5.55. The molecule has 2 amide bonds. The molecule has 0 spiro atoms. The third-order valence-electron chi connectivity index (χ3n) is 5.14. The molecule has 0 saturated heterocycles. The molecule has 0 aromatic heterocycles. The van der Waals surface area contributed by atoms with Crippen LogP contribution >= 0.6 is 0 Å². The molecule has 1 heterocycles. The maximum absolute atomic E-state index is 12.4. The Bertz CT molecular complexity index is 661. The van der Waals surface area contributed by atoms with Gasteiger partial charge in [0.05, 0.1) is 5.92 Å². The highest BCUT2D eigenvalue weighted by Gasteiger charge is 2.28. The number of aliphatic carboxylic acids is 1. The molecule has 0 bridgehead atoms. The van der Waals surface area contributed by atoms with Crippen LogP contribution in [-0.2, 0) is 4.79 Å². The summed E-state index contributed by atoms with van der Waals surface area (Å²) < 4.78 is 0. The molecule has 134 valence electrons. The van der Waals surface area contributed by atoms with Crippen molar-refractivity contribution in [2.45, 2.75) is 38.1 Å². The van der Waals surface area contributed by atoms with E-state index in [1.54, 1.807) is 17.0 Å². The molecule has 1 aromatic rings. The van der Waals surface area contributed by atoms with Crippen LogP contribution in [0.5, 0.6) is 5.75 Å². The second-order valence-electron chi connectivity index (χ2n) is 6.81. The number of carbonyl (C=O) groups is 2. The molecule has 1 aliphatic carbocycles. The Morgan fingerprint density at radius 2 is 1.76 bits per heavy atom. The van der Waals surface area contributed by atoms with E-state index in [2.05, 4.69) is 11.4 Å². The molecule has 1 saturated carbocycles. The molecular weight excluding hydrogens is 320 g/mol. The van der Waals surface area contributed by atoms with Gasteiger partial charge in [-0.2, -0.15) is 0 Å². The predicted molar refractivity (Wildman–Crippen MR) is 94.2 cm³/mol. The van der Waals surface area contributed by atoms with Gasteiger partial charge in [-0.3, -0.25) is 4.79 Å². The minimum absolute atomic E-state index is 0.0696. The Morgan fingerprint density at radius 3 is 2.32 bits per heavy atom. The third kappa shape index (κ3) is 4.32. The van der Waals surface area contributed by atoms with Gasteiger partial charge >= 0.3 is 12.0 Å². The second kappa shape index (κ2) is 7.59. The number of carboxylic acid groups (broad SMARTS) is 1. The normalized spacial score (nSPS) is 23.7. The maximum atomic E-state index is 12.4. The molecule has 3 rings (SSSR count). The minimum Gasteiger partial charge on any atom is -0.508 e. The lowest BCUT2D eigenvalue weighted by Crippen LogP contribution is -2.47. The van der Waals surface area contributed by atoms with Crippen molar-refractivity contribution in [3.63, 3.8) is 0 Å². The van der Waals surface area contributed by atoms with Crippen LogP contribution in [-0.4, -0.2) is 46.2 Å². The number of rotatable bonds is 3. The lowest BCUT2D eigenvalue weighted by atomic mass is 9.86. The van der Waals surface area contributed by atoms with E-state index in [9.17, 15) is 14.7 Å². The predicted octanol–water partition coefficient (Wildman–Crippen LogP) is 2.83. The van der Waals surface area contributed by atoms with E-state index < -0.39 is 5.97 Å². The molecule has 1 aliphatic heterocycles. The fourth-order valence-corrected chi connectivity index (χ4v) is 3.54. The summed E-state index contributed by atoms with van der Waals surface area (Å²) in [5.41, 5.74) is 2.26. The summed E-state index contributed by atoms with van der Waals surface area (Å²) >= 11 is 0. The summed E-state index contributed by atoms with van der Waals surface area (Å²) in [6, 6.07) is 7.12. The topological polar surface area (TPSA) is 89.9 Å². The number of nitrogens with one attached hydrogen (secondary N) is 1.